The first kappa shape index (κ1) is 73.1. The molecule has 12 heterocycles. The first-order chi connectivity index (χ1) is 50.1. The highest BCUT2D eigenvalue weighted by molar-refractivity contribution is 9.10. The van der Waals surface area contributed by atoms with Gasteiger partial charge in [0.25, 0.3) is 0 Å². The lowest BCUT2D eigenvalue weighted by atomic mass is 9.99. The number of hydrogen-bond acceptors (Lipinski definition) is 14. The number of fused-ring (bicyclic) bond motifs is 4. The van der Waals surface area contributed by atoms with Gasteiger partial charge in [0.05, 0.1) is 52.0 Å². The summed E-state index contributed by atoms with van der Waals surface area (Å²) in [6.07, 6.45) is 2.98. The van der Waals surface area contributed by atoms with E-state index in [0.717, 1.165) is 124 Å². The van der Waals surface area contributed by atoms with Crippen LogP contribution in [0.15, 0.2) is 152 Å². The van der Waals surface area contributed by atoms with E-state index in [1.807, 2.05) is 123 Å². The van der Waals surface area contributed by atoms with Crippen molar-refractivity contribution in [3.63, 3.8) is 0 Å². The van der Waals surface area contributed by atoms with Crippen LogP contribution in [0.1, 0.15) is 72.7 Å². The molecule has 0 fully saturated rings. The van der Waals surface area contributed by atoms with Gasteiger partial charge in [-0.15, -0.1) is 45.3 Å². The molecule has 8 aromatic heterocycles. The van der Waals surface area contributed by atoms with Gasteiger partial charge < -0.3 is 30.2 Å². The molecule has 4 unspecified atom stereocenters. The van der Waals surface area contributed by atoms with Gasteiger partial charge >= 0.3 is 24.1 Å². The number of carbonyl (C=O) groups excluding carboxylic acids is 4. The highest BCUT2D eigenvalue weighted by Gasteiger charge is 2.37. The van der Waals surface area contributed by atoms with Crippen LogP contribution in [0.5, 0.6) is 0 Å². The van der Waals surface area contributed by atoms with E-state index < -0.39 is 5.82 Å². The molecule has 0 radical (unpaired) electrons. The van der Waals surface area contributed by atoms with Crippen LogP contribution in [0.2, 0.25) is 15.1 Å². The topological polar surface area (TPSA) is 241 Å². The monoisotopic (exact) mass is 1590 g/mol. The third kappa shape index (κ3) is 16.0. The molecule has 16 rings (SSSR count). The van der Waals surface area contributed by atoms with Gasteiger partial charge in [-0.25, -0.2) is 33.5 Å². The van der Waals surface area contributed by atoms with E-state index in [2.05, 4.69) is 98.5 Å². The molecule has 0 saturated heterocycles. The predicted octanol–water partition coefficient (Wildman–Crippen LogP) is 18.2. The Morgan fingerprint density at radius 1 is 0.538 bits per heavy atom. The van der Waals surface area contributed by atoms with Crippen LogP contribution in [0.25, 0.3) is 43.9 Å². The first-order valence-corrected chi connectivity index (χ1v) is 38.7. The van der Waals surface area contributed by atoms with Crippen LogP contribution in [-0.2, 0) is 58.9 Å². The van der Waals surface area contributed by atoms with Crippen molar-refractivity contribution in [1.82, 2.24) is 69.9 Å². The quantitative estimate of drug-likeness (QED) is 0.0963. The van der Waals surface area contributed by atoms with Gasteiger partial charge in [0.1, 0.15) is 40.0 Å². The van der Waals surface area contributed by atoms with E-state index in [-0.39, 0.29) is 53.3 Å². The third-order valence-electron chi connectivity index (χ3n) is 18.6. The maximum atomic E-state index is 13.3. The number of urea groups is 4. The summed E-state index contributed by atoms with van der Waals surface area (Å²) in [6, 6.07) is 34.4. The number of halogens is 5. The number of hydrogen-bond donors (Lipinski definition) is 5. The molecule has 4 aliphatic heterocycles. The van der Waals surface area contributed by atoms with Gasteiger partial charge in [-0.2, -0.15) is 20.4 Å². The number of nitrogens with zero attached hydrogens (tertiary/aromatic N) is 13. The van der Waals surface area contributed by atoms with E-state index in [4.69, 9.17) is 39.9 Å². The summed E-state index contributed by atoms with van der Waals surface area (Å²) in [5, 5.41) is 42.3. The van der Waals surface area contributed by atoms with Gasteiger partial charge in [-0.1, -0.05) is 81.1 Å². The van der Waals surface area contributed by atoms with E-state index in [1.165, 1.54) is 46.6 Å². The Morgan fingerprint density at radius 3 is 1.46 bits per heavy atom. The Bertz CT molecular complexity index is 5030. The minimum atomic E-state index is -0.521. The average Bonchev–Trinajstić information content (AvgIpc) is 1.63. The first-order valence-electron chi connectivity index (χ1n) is 33.2. The second-order valence-electron chi connectivity index (χ2n) is 25.6. The molecule has 4 aliphatic rings. The number of aromatic amines is 3. The molecular weight excluding hydrogens is 1530 g/mol. The summed E-state index contributed by atoms with van der Waals surface area (Å²) < 4.78 is 16.2. The lowest BCUT2D eigenvalue weighted by Gasteiger charge is -2.36. The number of aromatic nitrogens is 10. The van der Waals surface area contributed by atoms with Crippen LogP contribution in [0, 0.1) is 5.82 Å². The SMILES string of the molecule is CC1Cc2[nH]nc(-c3cccs3)c2CN1C(=O)N(C)c1cccc(Cl)c1.CC1Cc2[nH]nc(-c3cscn3)c2CN1C(=O)Nc1ccc(F)c(Cl)c1.CC1Cc2[nH]nc(-c3cscn3)c2CN1C(=O)Nc1cccc(Br)c1.CC1Cc2c(c(-c3cccs3)nn2C)CN1C(=O)N(C)c1cccc(Cl)c1. The minimum Gasteiger partial charge on any atom is -0.317 e. The molecule has 8 amide bonds. The number of nitrogens with one attached hydrogen (secondary N) is 5. The predicted molar refractivity (Wildman–Crippen MR) is 417 cm³/mol. The number of anilines is 4. The summed E-state index contributed by atoms with van der Waals surface area (Å²) >= 11 is 27.7. The fourth-order valence-electron chi connectivity index (χ4n) is 13.0. The second kappa shape index (κ2) is 32.0. The number of benzene rings is 4. The van der Waals surface area contributed by atoms with Crippen molar-refractivity contribution in [3.8, 4) is 43.9 Å². The Hall–Kier alpha value is -9.26. The van der Waals surface area contributed by atoms with Crippen LogP contribution >= 0.6 is 96.1 Å². The number of rotatable bonds is 8. The van der Waals surface area contributed by atoms with Crippen LogP contribution in [0.3, 0.4) is 0 Å². The maximum absolute atomic E-state index is 13.3. The van der Waals surface area contributed by atoms with Crippen LogP contribution in [0.4, 0.5) is 46.3 Å². The normalized spacial score (nSPS) is 16.4. The summed E-state index contributed by atoms with van der Waals surface area (Å²) in [6.45, 7) is 10.2. The molecule has 31 heteroatoms. The largest absolute Gasteiger partial charge is 0.324 e. The van der Waals surface area contributed by atoms with Crippen molar-refractivity contribution in [2.24, 2.45) is 7.05 Å². The fraction of sp³-hybridized carbons (Fsp3) is 0.260. The van der Waals surface area contributed by atoms with Gasteiger partial charge in [0.2, 0.25) is 0 Å². The number of carbonyl (C=O) groups is 4. The van der Waals surface area contributed by atoms with Gasteiger partial charge in [-0.3, -0.25) is 29.8 Å². The molecular formula is C73H71BrCl3FN18O4S4. The van der Waals surface area contributed by atoms with Crippen LogP contribution < -0.4 is 20.4 Å². The number of thiazole rings is 2. The Balaban J connectivity index is 0.000000123. The molecule has 536 valence electrons. The molecule has 0 bridgehead atoms. The number of thiophene rings is 2. The molecule has 4 atom stereocenters. The summed E-state index contributed by atoms with van der Waals surface area (Å²) in [7, 11) is 5.56. The number of amides is 8. The molecule has 104 heavy (non-hydrogen) atoms. The van der Waals surface area contributed by atoms with Gasteiger partial charge in [-0.05, 0) is 123 Å². The van der Waals surface area contributed by atoms with E-state index in [1.54, 1.807) is 80.7 Å². The molecule has 0 saturated carbocycles. The second-order valence-corrected chi connectivity index (χ2v) is 31.1. The Kier molecular flexibility index (Phi) is 22.5. The highest BCUT2D eigenvalue weighted by atomic mass is 79.9. The van der Waals surface area contributed by atoms with E-state index in [0.29, 0.717) is 48.3 Å². The number of aryl methyl sites for hydroxylation is 1. The third-order valence-corrected chi connectivity index (χ3v) is 22.8. The number of H-pyrrole nitrogens is 3. The zero-order valence-corrected chi connectivity index (χ0v) is 64.5. The van der Waals surface area contributed by atoms with E-state index in [9.17, 15) is 23.6 Å². The Morgan fingerprint density at radius 2 is 0.990 bits per heavy atom. The lowest BCUT2D eigenvalue weighted by molar-refractivity contribution is 0.175. The summed E-state index contributed by atoms with van der Waals surface area (Å²) in [5.74, 6) is -0.521. The smallest absolute Gasteiger partial charge is 0.317 e. The van der Waals surface area contributed by atoms with Gasteiger partial charge in [0.15, 0.2) is 0 Å². The summed E-state index contributed by atoms with van der Waals surface area (Å²) in [5.41, 5.74) is 20.2. The zero-order valence-electron chi connectivity index (χ0n) is 57.4. The average molecular weight is 1600 g/mol. The van der Waals surface area contributed by atoms with E-state index >= 15 is 0 Å². The highest BCUT2D eigenvalue weighted by Crippen LogP contribution is 2.38. The summed E-state index contributed by atoms with van der Waals surface area (Å²) in [4.78, 5) is 73.5. The maximum Gasteiger partial charge on any atom is 0.324 e. The fourth-order valence-corrected chi connectivity index (χ4v) is 16.5. The zero-order chi connectivity index (χ0) is 73.0. The molecule has 0 spiro atoms. The molecule has 5 N–H and O–H groups in total. The van der Waals surface area contributed by atoms with Crippen molar-refractivity contribution < 1.29 is 23.6 Å². The standard InChI is InChI=1S/C20H21ClN4OS.C19H19ClN4OS.C17H16BrN5OS.C17H15ClFN5OS/c1-13-10-17-16(19(22-24(17)3)18-8-5-9-27-18)12-25(13)20(26)23(2)15-7-4-6-14(21)11-15;1-12-9-16-15(18(22-21-16)17-7-4-8-26-17)11-24(12)19(25)23(2)14-6-3-5-13(20)10-14;1-10-5-14-13(16(22-21-14)15-8-25-9-19-15)7-23(10)17(24)20-12-4-2-3-11(18)6-12;1-9-4-14-11(16(23-22-14)15-7-26-8-20-15)6-24(9)17(25)21-10-2-3-13(19)12(18)5-10/h4-9,11,13H,10,12H2,1-3H3;3-8,10,12H,9,11H2,1-2H3,(H,21,22);2-4,6,8-10H,5,7H2,1H3,(H,20,24)(H,21,22);2-3,5,7-9H,4,6H2,1H3,(H,21,25)(H,22,23). The van der Waals surface area contributed by atoms with Crippen molar-refractivity contribution in [2.45, 2.75) is 104 Å². The molecule has 4 aromatic carbocycles. The molecule has 0 aliphatic carbocycles. The molecule has 12 aromatic rings. The van der Waals surface area contributed by atoms with Crippen LogP contribution in [-0.4, -0.2) is 132 Å². The lowest BCUT2D eigenvalue weighted by Crippen LogP contribution is -2.48. The van der Waals surface area contributed by atoms with Crippen molar-refractivity contribution in [1.29, 1.82) is 0 Å². The van der Waals surface area contributed by atoms with Crippen molar-refractivity contribution in [3.05, 3.63) is 218 Å². The Labute approximate surface area is 638 Å². The minimum absolute atomic E-state index is 0.0119. The van der Waals surface area contributed by atoms with Crippen molar-refractivity contribution in [2.75, 3.05) is 34.5 Å². The molecule has 22 nitrogen and oxygen atoms in total. The van der Waals surface area contributed by atoms with Gasteiger partial charge in [0, 0.05) is 164 Å². The van der Waals surface area contributed by atoms with Crippen molar-refractivity contribution >= 4 is 143 Å².